The molecule has 0 unspecified atom stereocenters. The first-order chi connectivity index (χ1) is 15.0. The molecule has 2 aromatic carbocycles. The van der Waals surface area contributed by atoms with Gasteiger partial charge in [-0.15, -0.1) is 24.0 Å². The van der Waals surface area contributed by atoms with Crippen molar-refractivity contribution >= 4 is 29.9 Å². The number of alkyl halides is 2. The van der Waals surface area contributed by atoms with Gasteiger partial charge in [0, 0.05) is 38.1 Å². The first-order valence-corrected chi connectivity index (χ1v) is 9.33. The van der Waals surface area contributed by atoms with E-state index in [9.17, 15) is 13.2 Å². The minimum atomic E-state index is -2.94. The van der Waals surface area contributed by atoms with Gasteiger partial charge in [-0.2, -0.15) is 8.78 Å². The molecular weight excluding hydrogens is 538 g/mol. The molecule has 0 aliphatic rings. The molecule has 0 aliphatic heterocycles. The smallest absolute Gasteiger partial charge is 0.387 e. The van der Waals surface area contributed by atoms with E-state index in [4.69, 9.17) is 4.74 Å². The molecule has 1 aromatic heterocycles. The quantitative estimate of drug-likeness (QED) is 0.246. The first kappa shape index (κ1) is 25.3. The zero-order valence-corrected chi connectivity index (χ0v) is 19.7. The van der Waals surface area contributed by atoms with Gasteiger partial charge in [0.2, 0.25) is 0 Å². The van der Waals surface area contributed by atoms with Gasteiger partial charge < -0.3 is 24.7 Å². The highest BCUT2D eigenvalue weighted by Gasteiger charge is 2.12. The maximum Gasteiger partial charge on any atom is 0.387 e. The second kappa shape index (κ2) is 12.2. The number of hydrogen-bond donors (Lipinski definition) is 2. The number of guanidine groups is 1. The maximum atomic E-state index is 14.4. The van der Waals surface area contributed by atoms with Crippen molar-refractivity contribution in [3.8, 4) is 17.2 Å². The molecule has 0 aliphatic carbocycles. The minimum Gasteiger partial charge on any atom is -0.497 e. The Balaban J connectivity index is 0.00000363. The third kappa shape index (κ3) is 6.77. The summed E-state index contributed by atoms with van der Waals surface area (Å²) in [7, 11) is 3.05. The van der Waals surface area contributed by atoms with Crippen molar-refractivity contribution in [3.05, 3.63) is 72.1 Å². The fourth-order valence-electron chi connectivity index (χ4n) is 2.89. The van der Waals surface area contributed by atoms with Crippen LogP contribution < -0.4 is 20.1 Å². The number of imidazole rings is 1. The van der Waals surface area contributed by atoms with Crippen molar-refractivity contribution in [1.82, 2.24) is 20.2 Å². The highest BCUT2D eigenvalue weighted by molar-refractivity contribution is 14.0. The Labute approximate surface area is 200 Å². The van der Waals surface area contributed by atoms with Gasteiger partial charge in [-0.1, -0.05) is 6.07 Å². The van der Waals surface area contributed by atoms with E-state index in [1.807, 2.05) is 0 Å². The SMILES string of the molecule is CN=C(NCc1ccc(-n2ccnc2)c(F)c1)NCc1cc(OC)ccc1OC(F)F.I. The van der Waals surface area contributed by atoms with Crippen LogP contribution in [0.2, 0.25) is 0 Å². The number of nitrogens with one attached hydrogen (secondary N) is 2. The molecule has 7 nitrogen and oxygen atoms in total. The summed E-state index contributed by atoms with van der Waals surface area (Å²) in [5, 5.41) is 6.08. The molecule has 3 aromatic rings. The molecule has 0 atom stereocenters. The van der Waals surface area contributed by atoms with Gasteiger partial charge in [-0.3, -0.25) is 4.99 Å². The van der Waals surface area contributed by atoms with Crippen molar-refractivity contribution in [2.75, 3.05) is 14.2 Å². The summed E-state index contributed by atoms with van der Waals surface area (Å²) in [5.41, 5.74) is 1.57. The number of aromatic nitrogens is 2. The summed E-state index contributed by atoms with van der Waals surface area (Å²) in [5.74, 6) is 0.570. The molecule has 32 heavy (non-hydrogen) atoms. The molecule has 0 spiro atoms. The lowest BCUT2D eigenvalue weighted by Gasteiger charge is -2.16. The van der Waals surface area contributed by atoms with Crippen molar-refractivity contribution in [3.63, 3.8) is 0 Å². The molecule has 0 amide bonds. The van der Waals surface area contributed by atoms with Gasteiger partial charge >= 0.3 is 6.61 Å². The molecule has 0 saturated carbocycles. The maximum absolute atomic E-state index is 14.4. The van der Waals surface area contributed by atoms with E-state index in [1.165, 1.54) is 31.6 Å². The topological polar surface area (TPSA) is 72.7 Å². The van der Waals surface area contributed by atoms with Gasteiger partial charge in [0.25, 0.3) is 0 Å². The summed E-state index contributed by atoms with van der Waals surface area (Å²) in [4.78, 5) is 8.01. The second-order valence-electron chi connectivity index (χ2n) is 6.39. The average molecular weight is 561 g/mol. The predicted octanol–water partition coefficient (Wildman–Crippen LogP) is 4.10. The highest BCUT2D eigenvalue weighted by Crippen LogP contribution is 2.25. The van der Waals surface area contributed by atoms with Crippen LogP contribution in [0.15, 0.2) is 60.1 Å². The number of halogens is 4. The van der Waals surface area contributed by atoms with Gasteiger partial charge in [0.15, 0.2) is 5.96 Å². The zero-order chi connectivity index (χ0) is 22.2. The van der Waals surface area contributed by atoms with Crippen LogP contribution in [0.4, 0.5) is 13.2 Å². The van der Waals surface area contributed by atoms with E-state index >= 15 is 0 Å². The Hall–Kier alpha value is -2.96. The Morgan fingerprint density at radius 2 is 1.94 bits per heavy atom. The normalized spacial score (nSPS) is 11.1. The summed E-state index contributed by atoms with van der Waals surface area (Å²) in [6.45, 7) is -2.48. The van der Waals surface area contributed by atoms with Crippen LogP contribution in [0.5, 0.6) is 11.5 Å². The van der Waals surface area contributed by atoms with Crippen LogP contribution in [-0.4, -0.2) is 36.3 Å². The van der Waals surface area contributed by atoms with Gasteiger partial charge in [0.05, 0.1) is 19.1 Å². The van der Waals surface area contributed by atoms with Gasteiger partial charge in [-0.25, -0.2) is 9.37 Å². The summed E-state index contributed by atoms with van der Waals surface area (Å²) >= 11 is 0. The van der Waals surface area contributed by atoms with Crippen LogP contribution in [0.3, 0.4) is 0 Å². The lowest BCUT2D eigenvalue weighted by molar-refractivity contribution is -0.0505. The number of hydrogen-bond acceptors (Lipinski definition) is 4. The van der Waals surface area contributed by atoms with Crippen LogP contribution in [-0.2, 0) is 13.1 Å². The van der Waals surface area contributed by atoms with Crippen LogP contribution >= 0.6 is 24.0 Å². The number of aliphatic imine (C=N–C) groups is 1. The fourth-order valence-corrected chi connectivity index (χ4v) is 2.89. The summed E-state index contributed by atoms with van der Waals surface area (Å²) in [6, 6.07) is 9.43. The Kier molecular flexibility index (Phi) is 9.62. The molecule has 2 N–H and O–H groups in total. The van der Waals surface area contributed by atoms with E-state index in [1.54, 1.807) is 42.2 Å². The lowest BCUT2D eigenvalue weighted by Crippen LogP contribution is -2.36. The minimum absolute atomic E-state index is 0. The van der Waals surface area contributed by atoms with E-state index in [0.717, 1.165) is 0 Å². The number of methoxy groups -OCH3 is 1. The predicted molar refractivity (Wildman–Crippen MR) is 126 cm³/mol. The average Bonchev–Trinajstić information content (AvgIpc) is 3.29. The van der Waals surface area contributed by atoms with Crippen molar-refractivity contribution in [2.24, 2.45) is 4.99 Å². The van der Waals surface area contributed by atoms with Crippen LogP contribution in [0, 0.1) is 5.82 Å². The number of ether oxygens (including phenoxy) is 2. The van der Waals surface area contributed by atoms with Gasteiger partial charge in [0.1, 0.15) is 17.3 Å². The van der Waals surface area contributed by atoms with E-state index in [2.05, 4.69) is 25.3 Å². The van der Waals surface area contributed by atoms with Crippen molar-refractivity contribution in [1.29, 1.82) is 0 Å². The van der Waals surface area contributed by atoms with Gasteiger partial charge in [-0.05, 0) is 35.9 Å². The monoisotopic (exact) mass is 561 g/mol. The number of nitrogens with zero attached hydrogens (tertiary/aromatic N) is 3. The zero-order valence-electron chi connectivity index (χ0n) is 17.4. The second-order valence-corrected chi connectivity index (χ2v) is 6.39. The molecule has 3 rings (SSSR count). The van der Waals surface area contributed by atoms with Crippen molar-refractivity contribution < 1.29 is 22.6 Å². The molecule has 0 fully saturated rings. The molecule has 0 saturated heterocycles. The summed E-state index contributed by atoms with van der Waals surface area (Å²) in [6.07, 6.45) is 4.75. The third-order valence-electron chi connectivity index (χ3n) is 4.41. The fraction of sp³-hybridized carbons (Fsp3) is 0.238. The summed E-state index contributed by atoms with van der Waals surface area (Å²) < 4.78 is 51.0. The molecule has 1 heterocycles. The molecule has 172 valence electrons. The lowest BCUT2D eigenvalue weighted by atomic mass is 10.2. The molecule has 0 radical (unpaired) electrons. The largest absolute Gasteiger partial charge is 0.497 e. The van der Waals surface area contributed by atoms with Crippen LogP contribution in [0.25, 0.3) is 5.69 Å². The highest BCUT2D eigenvalue weighted by atomic mass is 127. The molecule has 11 heteroatoms. The first-order valence-electron chi connectivity index (χ1n) is 9.33. The molecular formula is C21H23F3IN5O2. The number of benzene rings is 2. The van der Waals surface area contributed by atoms with E-state index in [-0.39, 0.29) is 42.1 Å². The third-order valence-corrected chi connectivity index (χ3v) is 4.41. The Morgan fingerprint density at radius 1 is 1.16 bits per heavy atom. The van der Waals surface area contributed by atoms with E-state index < -0.39 is 6.61 Å². The Morgan fingerprint density at radius 3 is 2.56 bits per heavy atom. The van der Waals surface area contributed by atoms with Crippen molar-refractivity contribution in [2.45, 2.75) is 19.7 Å². The number of rotatable bonds is 8. The van der Waals surface area contributed by atoms with E-state index in [0.29, 0.717) is 35.1 Å². The standard InChI is InChI=1S/C21H22F3N5O2.HI/c1-25-21(28-12-15-10-16(30-2)4-6-19(15)31-20(23)24)27-11-14-3-5-18(17(22)9-14)29-8-7-26-13-29;/h3-10,13,20H,11-12H2,1-2H3,(H2,25,27,28);1H. The molecule has 0 bridgehead atoms. The van der Waals surface area contributed by atoms with Crippen LogP contribution in [0.1, 0.15) is 11.1 Å². The Bertz CT molecular complexity index is 1030.